The Morgan fingerprint density at radius 2 is 1.67 bits per heavy atom. The monoisotopic (exact) mass is 428 g/mol. The van der Waals surface area contributed by atoms with Gasteiger partial charge in [0, 0.05) is 22.8 Å². The van der Waals surface area contributed by atoms with Crippen LogP contribution in [0.5, 0.6) is 0 Å². The number of hydrogen-bond acceptors (Lipinski definition) is 3. The standard InChI is InChI=1S/C19H22Cl2N2O3S/c1-4-13-6-11-17(21)16(5-2)19(13)22-18(24)12-23(3)27(25,26)15-9-7-14(20)8-10-15/h6-11H,4-5,12H2,1-3H3,(H,22,24). The molecule has 0 heterocycles. The first-order valence-corrected chi connectivity index (χ1v) is 10.7. The van der Waals surface area contributed by atoms with Crippen LogP contribution in [-0.2, 0) is 27.7 Å². The number of carbonyl (C=O) groups excluding carboxylic acids is 1. The largest absolute Gasteiger partial charge is 0.324 e. The number of anilines is 1. The van der Waals surface area contributed by atoms with E-state index < -0.39 is 15.9 Å². The number of aryl methyl sites for hydroxylation is 1. The molecule has 0 aliphatic heterocycles. The van der Waals surface area contributed by atoms with E-state index in [0.717, 1.165) is 21.9 Å². The van der Waals surface area contributed by atoms with E-state index in [4.69, 9.17) is 23.2 Å². The van der Waals surface area contributed by atoms with Crippen LogP contribution in [0.15, 0.2) is 41.3 Å². The van der Waals surface area contributed by atoms with Gasteiger partial charge in [-0.3, -0.25) is 4.79 Å². The summed E-state index contributed by atoms with van der Waals surface area (Å²) in [6, 6.07) is 9.49. The van der Waals surface area contributed by atoms with Crippen LogP contribution >= 0.6 is 23.2 Å². The fraction of sp³-hybridized carbons (Fsp3) is 0.316. The van der Waals surface area contributed by atoms with Crippen molar-refractivity contribution in [3.8, 4) is 0 Å². The molecule has 8 heteroatoms. The van der Waals surface area contributed by atoms with Gasteiger partial charge >= 0.3 is 0 Å². The highest BCUT2D eigenvalue weighted by Gasteiger charge is 2.23. The molecule has 2 aromatic carbocycles. The molecule has 1 amide bonds. The van der Waals surface area contributed by atoms with Crippen molar-refractivity contribution >= 4 is 44.8 Å². The third kappa shape index (κ3) is 5.02. The van der Waals surface area contributed by atoms with E-state index in [-0.39, 0.29) is 11.4 Å². The van der Waals surface area contributed by atoms with Crippen LogP contribution in [0.1, 0.15) is 25.0 Å². The molecular weight excluding hydrogens is 407 g/mol. The number of likely N-dealkylation sites (N-methyl/N-ethyl adjacent to an activating group) is 1. The number of amides is 1. The molecule has 5 nitrogen and oxygen atoms in total. The summed E-state index contributed by atoms with van der Waals surface area (Å²) in [7, 11) is -2.43. The number of carbonyl (C=O) groups is 1. The summed E-state index contributed by atoms with van der Waals surface area (Å²) >= 11 is 12.0. The highest BCUT2D eigenvalue weighted by atomic mass is 35.5. The van der Waals surface area contributed by atoms with Crippen LogP contribution in [0.4, 0.5) is 5.69 Å². The quantitative estimate of drug-likeness (QED) is 0.711. The minimum Gasteiger partial charge on any atom is -0.324 e. The Morgan fingerprint density at radius 3 is 2.22 bits per heavy atom. The van der Waals surface area contributed by atoms with E-state index in [9.17, 15) is 13.2 Å². The zero-order valence-corrected chi connectivity index (χ0v) is 17.7. The Bertz CT molecular complexity index is 929. The second kappa shape index (κ2) is 9.06. The van der Waals surface area contributed by atoms with Gasteiger partial charge in [-0.2, -0.15) is 4.31 Å². The highest BCUT2D eigenvalue weighted by molar-refractivity contribution is 7.89. The van der Waals surface area contributed by atoms with Crippen molar-refractivity contribution in [1.82, 2.24) is 4.31 Å². The lowest BCUT2D eigenvalue weighted by atomic mass is 10.0. The lowest BCUT2D eigenvalue weighted by Gasteiger charge is -2.19. The summed E-state index contributed by atoms with van der Waals surface area (Å²) in [6.45, 7) is 3.62. The van der Waals surface area contributed by atoms with E-state index in [0.29, 0.717) is 22.2 Å². The Morgan fingerprint density at radius 1 is 1.04 bits per heavy atom. The lowest BCUT2D eigenvalue weighted by molar-refractivity contribution is -0.116. The van der Waals surface area contributed by atoms with Gasteiger partial charge in [0.25, 0.3) is 0 Å². The maximum absolute atomic E-state index is 12.6. The van der Waals surface area contributed by atoms with Gasteiger partial charge in [-0.25, -0.2) is 8.42 Å². The number of nitrogens with zero attached hydrogens (tertiary/aromatic N) is 1. The zero-order valence-electron chi connectivity index (χ0n) is 15.4. The summed E-state index contributed by atoms with van der Waals surface area (Å²) < 4.78 is 26.2. The lowest BCUT2D eigenvalue weighted by Crippen LogP contribution is -2.35. The molecule has 0 fully saturated rings. The van der Waals surface area contributed by atoms with Crippen LogP contribution in [0.2, 0.25) is 10.0 Å². The molecule has 27 heavy (non-hydrogen) atoms. The number of benzene rings is 2. The normalized spacial score (nSPS) is 11.6. The first kappa shape index (κ1) is 21.7. The van der Waals surface area contributed by atoms with Crippen molar-refractivity contribution in [1.29, 1.82) is 0 Å². The Labute approximate surface area is 170 Å². The summed E-state index contributed by atoms with van der Waals surface area (Å²) in [5.74, 6) is -0.429. The van der Waals surface area contributed by atoms with Crippen LogP contribution < -0.4 is 5.32 Å². The average Bonchev–Trinajstić information content (AvgIpc) is 2.62. The molecule has 0 spiro atoms. The number of rotatable bonds is 7. The second-order valence-corrected chi connectivity index (χ2v) is 8.92. The molecule has 0 atom stereocenters. The minimum atomic E-state index is -3.79. The molecule has 0 unspecified atom stereocenters. The van der Waals surface area contributed by atoms with E-state index >= 15 is 0 Å². The van der Waals surface area contributed by atoms with E-state index in [2.05, 4.69) is 5.32 Å². The molecule has 2 rings (SSSR count). The highest BCUT2D eigenvalue weighted by Crippen LogP contribution is 2.29. The predicted octanol–water partition coefficient (Wildman–Crippen LogP) is 4.38. The van der Waals surface area contributed by atoms with Crippen molar-refractivity contribution in [2.24, 2.45) is 0 Å². The van der Waals surface area contributed by atoms with E-state index in [1.54, 1.807) is 0 Å². The number of hydrogen-bond donors (Lipinski definition) is 1. The summed E-state index contributed by atoms with van der Waals surface area (Å²) in [6.07, 6.45) is 1.37. The summed E-state index contributed by atoms with van der Waals surface area (Å²) in [5, 5.41) is 3.85. The van der Waals surface area contributed by atoms with Gasteiger partial charge in [-0.15, -0.1) is 0 Å². The molecule has 0 saturated heterocycles. The fourth-order valence-electron chi connectivity index (χ4n) is 2.72. The van der Waals surface area contributed by atoms with Crippen molar-refractivity contribution < 1.29 is 13.2 Å². The Hall–Kier alpha value is -1.60. The first-order chi connectivity index (χ1) is 12.7. The SMILES string of the molecule is CCc1ccc(Cl)c(CC)c1NC(=O)CN(C)S(=O)(=O)c1ccc(Cl)cc1. The third-order valence-corrected chi connectivity index (χ3v) is 6.65. The molecule has 0 saturated carbocycles. The van der Waals surface area contributed by atoms with Gasteiger partial charge in [0.05, 0.1) is 11.4 Å². The first-order valence-electron chi connectivity index (χ1n) is 8.52. The fourth-order valence-corrected chi connectivity index (χ4v) is 4.26. The van der Waals surface area contributed by atoms with Gasteiger partial charge in [0.15, 0.2) is 0 Å². The Kier molecular flexibility index (Phi) is 7.28. The van der Waals surface area contributed by atoms with Gasteiger partial charge in [0.2, 0.25) is 15.9 Å². The zero-order chi connectivity index (χ0) is 20.2. The maximum atomic E-state index is 12.6. The van der Waals surface area contributed by atoms with Gasteiger partial charge in [0.1, 0.15) is 0 Å². The maximum Gasteiger partial charge on any atom is 0.243 e. The number of sulfonamides is 1. The smallest absolute Gasteiger partial charge is 0.243 e. The van der Waals surface area contributed by atoms with E-state index in [1.165, 1.54) is 31.3 Å². The molecule has 0 radical (unpaired) electrons. The average molecular weight is 429 g/mol. The van der Waals surface area contributed by atoms with Crippen molar-refractivity contribution in [2.45, 2.75) is 31.6 Å². The molecule has 0 aliphatic rings. The molecule has 1 N–H and O–H groups in total. The molecule has 0 aromatic heterocycles. The molecule has 146 valence electrons. The second-order valence-electron chi connectivity index (χ2n) is 6.03. The van der Waals surface area contributed by atoms with Crippen molar-refractivity contribution in [3.05, 3.63) is 57.6 Å². The van der Waals surface area contributed by atoms with Gasteiger partial charge in [-0.05, 0) is 54.3 Å². The molecular formula is C19H22Cl2N2O3S. The topological polar surface area (TPSA) is 66.5 Å². The Balaban J connectivity index is 2.21. The summed E-state index contributed by atoms with van der Waals surface area (Å²) in [5.41, 5.74) is 2.45. The number of halogens is 2. The van der Waals surface area contributed by atoms with Crippen LogP contribution in [0, 0.1) is 0 Å². The number of nitrogens with one attached hydrogen (secondary N) is 1. The third-order valence-electron chi connectivity index (χ3n) is 4.23. The van der Waals surface area contributed by atoms with Crippen LogP contribution in [-0.4, -0.2) is 32.2 Å². The molecule has 0 bridgehead atoms. The van der Waals surface area contributed by atoms with Crippen LogP contribution in [0.3, 0.4) is 0 Å². The van der Waals surface area contributed by atoms with Crippen molar-refractivity contribution in [2.75, 3.05) is 18.9 Å². The van der Waals surface area contributed by atoms with Gasteiger partial charge < -0.3 is 5.32 Å². The minimum absolute atomic E-state index is 0.0773. The van der Waals surface area contributed by atoms with Crippen LogP contribution in [0.25, 0.3) is 0 Å². The van der Waals surface area contributed by atoms with E-state index in [1.807, 2.05) is 26.0 Å². The van der Waals surface area contributed by atoms with Crippen molar-refractivity contribution in [3.63, 3.8) is 0 Å². The molecule has 2 aromatic rings. The van der Waals surface area contributed by atoms with Gasteiger partial charge in [-0.1, -0.05) is 43.1 Å². The predicted molar refractivity (Wildman–Crippen MR) is 110 cm³/mol. The molecule has 0 aliphatic carbocycles. The summed E-state index contributed by atoms with van der Waals surface area (Å²) in [4.78, 5) is 12.6.